The maximum atomic E-state index is 13.0. The van der Waals surface area contributed by atoms with Crippen LogP contribution in [0.1, 0.15) is 44.7 Å². The lowest BCUT2D eigenvalue weighted by atomic mass is 10.0. The molecule has 2 aromatic rings. The third kappa shape index (κ3) is 2.97. The van der Waals surface area contributed by atoms with Gasteiger partial charge in [-0.3, -0.25) is 9.59 Å². The first-order valence-electron chi connectivity index (χ1n) is 7.88. The first kappa shape index (κ1) is 15.3. The van der Waals surface area contributed by atoms with Gasteiger partial charge in [-0.15, -0.1) is 0 Å². The number of carbonyl (C=O) groups excluding carboxylic acids is 2. The predicted octanol–water partition coefficient (Wildman–Crippen LogP) is 3.08. The minimum absolute atomic E-state index is 0.0292. The Morgan fingerprint density at radius 2 is 1.87 bits per heavy atom. The molecule has 1 aliphatic heterocycles. The summed E-state index contributed by atoms with van der Waals surface area (Å²) in [5.74, 6) is -0.500. The van der Waals surface area contributed by atoms with Crippen LogP contribution in [0.15, 0.2) is 42.5 Å². The van der Waals surface area contributed by atoms with Crippen LogP contribution in [-0.2, 0) is 6.42 Å². The number of hydrogen-bond donors (Lipinski definition) is 1. The second kappa shape index (κ2) is 6.24. The molecule has 0 spiro atoms. The van der Waals surface area contributed by atoms with Gasteiger partial charge in [0.25, 0.3) is 5.91 Å². The summed E-state index contributed by atoms with van der Waals surface area (Å²) in [6.07, 6.45) is 3.07. The summed E-state index contributed by atoms with van der Waals surface area (Å²) in [6, 6.07) is 13.1. The monoisotopic (exact) mass is 308 g/mol. The molecule has 2 N–H and O–H groups in total. The summed E-state index contributed by atoms with van der Waals surface area (Å²) >= 11 is 0. The highest BCUT2D eigenvalue weighted by atomic mass is 16.2. The van der Waals surface area contributed by atoms with Crippen molar-refractivity contribution in [2.24, 2.45) is 5.73 Å². The van der Waals surface area contributed by atoms with E-state index in [1.54, 1.807) is 25.1 Å². The molecule has 0 fully saturated rings. The van der Waals surface area contributed by atoms with E-state index >= 15 is 0 Å². The van der Waals surface area contributed by atoms with Gasteiger partial charge in [-0.1, -0.05) is 18.2 Å². The molecule has 1 aliphatic rings. The van der Waals surface area contributed by atoms with Crippen molar-refractivity contribution in [1.82, 2.24) is 0 Å². The Morgan fingerprint density at radius 1 is 1.09 bits per heavy atom. The van der Waals surface area contributed by atoms with E-state index in [4.69, 9.17) is 5.73 Å². The quantitative estimate of drug-likeness (QED) is 0.926. The van der Waals surface area contributed by atoms with E-state index in [9.17, 15) is 9.59 Å². The zero-order chi connectivity index (χ0) is 16.4. The molecule has 0 aromatic heterocycles. The highest BCUT2D eigenvalue weighted by molar-refractivity contribution is 6.07. The van der Waals surface area contributed by atoms with Crippen LogP contribution in [0.25, 0.3) is 0 Å². The lowest BCUT2D eigenvalue weighted by Crippen LogP contribution is -2.32. The van der Waals surface area contributed by atoms with Crippen molar-refractivity contribution in [3.05, 3.63) is 64.7 Å². The topological polar surface area (TPSA) is 63.4 Å². The van der Waals surface area contributed by atoms with Gasteiger partial charge < -0.3 is 10.6 Å². The lowest BCUT2D eigenvalue weighted by molar-refractivity contribution is 0.0980. The summed E-state index contributed by atoms with van der Waals surface area (Å²) in [4.78, 5) is 26.1. The van der Waals surface area contributed by atoms with E-state index in [1.807, 2.05) is 23.1 Å². The third-order valence-electron chi connectivity index (χ3n) is 4.34. The fraction of sp³-hybridized carbons (Fsp3) is 0.263. The zero-order valence-electron chi connectivity index (χ0n) is 13.2. The summed E-state index contributed by atoms with van der Waals surface area (Å²) < 4.78 is 0. The molecule has 3 rings (SSSR count). The number of anilines is 1. The third-order valence-corrected chi connectivity index (χ3v) is 4.34. The largest absolute Gasteiger partial charge is 0.366 e. The van der Waals surface area contributed by atoms with Crippen molar-refractivity contribution >= 4 is 17.5 Å². The molecule has 1 heterocycles. The number of amides is 2. The maximum absolute atomic E-state index is 13.0. The van der Waals surface area contributed by atoms with Crippen LogP contribution in [0, 0.1) is 6.92 Å². The number of benzene rings is 2. The van der Waals surface area contributed by atoms with Crippen molar-refractivity contribution < 1.29 is 9.59 Å². The number of fused-ring (bicyclic) bond motifs is 1. The van der Waals surface area contributed by atoms with Crippen LogP contribution in [-0.4, -0.2) is 18.4 Å². The summed E-state index contributed by atoms with van der Waals surface area (Å²) in [5.41, 5.74) is 9.31. The lowest BCUT2D eigenvalue weighted by Gasteiger charge is -2.23. The van der Waals surface area contributed by atoms with Gasteiger partial charge in [0.2, 0.25) is 5.91 Å². The number of hydrogen-bond acceptors (Lipinski definition) is 2. The highest BCUT2D eigenvalue weighted by Gasteiger charge is 2.22. The Hall–Kier alpha value is -2.62. The van der Waals surface area contributed by atoms with Crippen LogP contribution in [0.5, 0.6) is 0 Å². The Balaban J connectivity index is 1.97. The fourth-order valence-electron chi connectivity index (χ4n) is 3.13. The summed E-state index contributed by atoms with van der Waals surface area (Å²) in [7, 11) is 0. The van der Waals surface area contributed by atoms with Gasteiger partial charge in [0.1, 0.15) is 0 Å². The average molecular weight is 308 g/mol. The molecule has 0 saturated carbocycles. The van der Waals surface area contributed by atoms with E-state index in [0.717, 1.165) is 30.5 Å². The van der Waals surface area contributed by atoms with Crippen LogP contribution in [0.4, 0.5) is 5.69 Å². The van der Waals surface area contributed by atoms with E-state index in [0.29, 0.717) is 17.7 Å². The molecule has 0 bridgehead atoms. The second-order valence-corrected chi connectivity index (χ2v) is 5.94. The molecular formula is C19H20N2O2. The van der Waals surface area contributed by atoms with Crippen LogP contribution in [0.3, 0.4) is 0 Å². The van der Waals surface area contributed by atoms with Crippen molar-refractivity contribution in [3.8, 4) is 0 Å². The molecule has 23 heavy (non-hydrogen) atoms. The highest BCUT2D eigenvalue weighted by Crippen LogP contribution is 2.27. The van der Waals surface area contributed by atoms with Gasteiger partial charge >= 0.3 is 0 Å². The summed E-state index contributed by atoms with van der Waals surface area (Å²) in [6.45, 7) is 2.51. The Bertz CT molecular complexity index is 768. The number of primary amides is 1. The van der Waals surface area contributed by atoms with Gasteiger partial charge in [-0.25, -0.2) is 0 Å². The van der Waals surface area contributed by atoms with Crippen molar-refractivity contribution in [2.45, 2.75) is 26.2 Å². The molecule has 118 valence electrons. The maximum Gasteiger partial charge on any atom is 0.258 e. The SMILES string of the molecule is Cc1cc(C(=O)N2CCCCc3ccccc32)ccc1C(N)=O. The van der Waals surface area contributed by atoms with E-state index < -0.39 is 5.91 Å². The second-order valence-electron chi connectivity index (χ2n) is 5.94. The van der Waals surface area contributed by atoms with Gasteiger partial charge in [0.05, 0.1) is 0 Å². The first-order chi connectivity index (χ1) is 11.1. The molecule has 4 heteroatoms. The summed E-state index contributed by atoms with van der Waals surface area (Å²) in [5, 5.41) is 0. The predicted molar refractivity (Wildman–Crippen MR) is 90.8 cm³/mol. The molecule has 0 saturated heterocycles. The minimum Gasteiger partial charge on any atom is -0.366 e. The number of rotatable bonds is 2. The molecule has 0 atom stereocenters. The van der Waals surface area contributed by atoms with Crippen LogP contribution < -0.4 is 10.6 Å². The molecule has 4 nitrogen and oxygen atoms in total. The number of nitrogens with two attached hydrogens (primary N) is 1. The van der Waals surface area contributed by atoms with Crippen molar-refractivity contribution in [1.29, 1.82) is 0 Å². The molecule has 0 radical (unpaired) electrons. The van der Waals surface area contributed by atoms with Gasteiger partial charge in [-0.2, -0.15) is 0 Å². The molecule has 2 amide bonds. The van der Waals surface area contributed by atoms with Crippen molar-refractivity contribution in [2.75, 3.05) is 11.4 Å². The zero-order valence-corrected chi connectivity index (χ0v) is 13.2. The van der Waals surface area contributed by atoms with Crippen LogP contribution in [0.2, 0.25) is 0 Å². The minimum atomic E-state index is -0.471. The van der Waals surface area contributed by atoms with E-state index in [1.165, 1.54) is 5.56 Å². The number of nitrogens with zero attached hydrogens (tertiary/aromatic N) is 1. The Morgan fingerprint density at radius 3 is 2.61 bits per heavy atom. The fourth-order valence-corrected chi connectivity index (χ4v) is 3.13. The number of aryl methyl sites for hydroxylation is 2. The Kier molecular flexibility index (Phi) is 4.15. The molecule has 0 unspecified atom stereocenters. The van der Waals surface area contributed by atoms with Gasteiger partial charge in [-0.05, 0) is 61.6 Å². The molecular weight excluding hydrogens is 288 g/mol. The van der Waals surface area contributed by atoms with Crippen LogP contribution >= 0.6 is 0 Å². The van der Waals surface area contributed by atoms with Gasteiger partial charge in [0.15, 0.2) is 0 Å². The number of carbonyl (C=O) groups is 2. The van der Waals surface area contributed by atoms with E-state index in [2.05, 4.69) is 6.07 Å². The van der Waals surface area contributed by atoms with Gasteiger partial charge in [0, 0.05) is 23.4 Å². The molecule has 0 aliphatic carbocycles. The average Bonchev–Trinajstić information content (AvgIpc) is 2.76. The smallest absolute Gasteiger partial charge is 0.258 e. The van der Waals surface area contributed by atoms with E-state index in [-0.39, 0.29) is 5.91 Å². The first-order valence-corrected chi connectivity index (χ1v) is 7.88. The Labute approximate surface area is 135 Å². The normalized spacial score (nSPS) is 14.0. The van der Waals surface area contributed by atoms with Crippen molar-refractivity contribution in [3.63, 3.8) is 0 Å². The number of para-hydroxylation sites is 1. The standard InChI is InChI=1S/C19H20N2O2/c1-13-12-15(9-10-16(13)18(20)22)19(23)21-11-5-4-7-14-6-2-3-8-17(14)21/h2-3,6,8-10,12H,4-5,7,11H2,1H3,(H2,20,22). The molecule has 2 aromatic carbocycles.